The first-order valence-electron chi connectivity index (χ1n) is 9.26. The van der Waals surface area contributed by atoms with Crippen molar-refractivity contribution in [1.29, 1.82) is 0 Å². The predicted molar refractivity (Wildman–Crippen MR) is 107 cm³/mol. The molecule has 2 aliphatic heterocycles. The summed E-state index contributed by atoms with van der Waals surface area (Å²) in [5, 5.41) is 4.57. The summed E-state index contributed by atoms with van der Waals surface area (Å²) in [4.78, 5) is 5.11. The zero-order chi connectivity index (χ0) is 18.9. The molecule has 2 aromatic carbocycles. The third-order valence-electron chi connectivity index (χ3n) is 5.05. The molecule has 7 nitrogen and oxygen atoms in total. The monoisotopic (exact) mass is 396 g/mol. The predicted octanol–water partition coefficient (Wildman–Crippen LogP) is 3.38. The molecular weight excluding hydrogens is 376 g/mol. The lowest BCUT2D eigenvalue weighted by Gasteiger charge is -2.35. The van der Waals surface area contributed by atoms with Crippen molar-refractivity contribution in [2.75, 3.05) is 37.9 Å². The van der Waals surface area contributed by atoms with Crippen LogP contribution in [0.1, 0.15) is 0 Å². The minimum atomic E-state index is 0.242. The van der Waals surface area contributed by atoms with E-state index in [0.717, 1.165) is 37.5 Å². The van der Waals surface area contributed by atoms with Gasteiger partial charge in [-0.2, -0.15) is 0 Å². The molecule has 0 unspecified atom stereocenters. The fourth-order valence-corrected chi connectivity index (χ4v) is 3.70. The molecule has 0 aliphatic carbocycles. The van der Waals surface area contributed by atoms with Crippen LogP contribution in [0.5, 0.6) is 11.5 Å². The van der Waals surface area contributed by atoms with E-state index in [4.69, 9.17) is 26.1 Å². The highest BCUT2D eigenvalue weighted by molar-refractivity contribution is 7.71. The Morgan fingerprint density at radius 3 is 2.54 bits per heavy atom. The van der Waals surface area contributed by atoms with Gasteiger partial charge in [0.25, 0.3) is 4.84 Å². The molecule has 0 saturated carbocycles. The van der Waals surface area contributed by atoms with Crippen molar-refractivity contribution < 1.29 is 13.9 Å². The van der Waals surface area contributed by atoms with Gasteiger partial charge in [0.05, 0.1) is 6.67 Å². The normalized spacial score (nSPS) is 16.5. The lowest BCUT2D eigenvalue weighted by atomic mass is 10.2. The quantitative estimate of drug-likeness (QED) is 0.627. The molecule has 0 radical (unpaired) electrons. The average Bonchev–Trinajstić information content (AvgIpc) is 3.35. The lowest BCUT2D eigenvalue weighted by Crippen LogP contribution is -2.46. The summed E-state index contributed by atoms with van der Waals surface area (Å²) in [5.41, 5.74) is 2.09. The van der Waals surface area contributed by atoms with Crippen LogP contribution in [0, 0.1) is 4.84 Å². The Morgan fingerprint density at radius 1 is 0.929 bits per heavy atom. The summed E-state index contributed by atoms with van der Waals surface area (Å²) < 4.78 is 18.2. The average molecular weight is 396 g/mol. The van der Waals surface area contributed by atoms with Crippen LogP contribution in [0.25, 0.3) is 11.5 Å². The number of rotatable bonds is 4. The number of ether oxygens (including phenoxy) is 2. The molecule has 3 heterocycles. The highest BCUT2D eigenvalue weighted by Gasteiger charge is 2.20. The molecule has 5 rings (SSSR count). The van der Waals surface area contributed by atoms with E-state index in [2.05, 4.69) is 39.2 Å². The molecule has 3 aromatic rings. The van der Waals surface area contributed by atoms with Crippen LogP contribution in [0.2, 0.25) is 0 Å². The topological polar surface area (TPSA) is 55.9 Å². The van der Waals surface area contributed by atoms with Crippen LogP contribution < -0.4 is 14.4 Å². The minimum Gasteiger partial charge on any atom is -0.454 e. The Kier molecular flexibility index (Phi) is 4.50. The summed E-state index contributed by atoms with van der Waals surface area (Å²) in [7, 11) is 0. The van der Waals surface area contributed by atoms with Gasteiger partial charge in [0.2, 0.25) is 12.7 Å². The largest absolute Gasteiger partial charge is 0.454 e. The van der Waals surface area contributed by atoms with Gasteiger partial charge < -0.3 is 18.8 Å². The molecule has 0 N–H and O–H groups in total. The van der Waals surface area contributed by atoms with Crippen LogP contribution in [0.15, 0.2) is 52.9 Å². The number of fused-ring (bicyclic) bond motifs is 1. The summed E-state index contributed by atoms with van der Waals surface area (Å²) in [5.74, 6) is 1.93. The first kappa shape index (κ1) is 17.3. The van der Waals surface area contributed by atoms with Crippen molar-refractivity contribution in [2.45, 2.75) is 6.67 Å². The molecule has 0 spiro atoms. The lowest BCUT2D eigenvalue weighted by molar-refractivity contribution is 0.174. The highest BCUT2D eigenvalue weighted by atomic mass is 32.1. The van der Waals surface area contributed by atoms with Crippen LogP contribution >= 0.6 is 12.2 Å². The molecular formula is C20H20N4O3S. The van der Waals surface area contributed by atoms with Crippen molar-refractivity contribution in [3.05, 3.63) is 53.4 Å². The van der Waals surface area contributed by atoms with Crippen molar-refractivity contribution in [2.24, 2.45) is 0 Å². The fourth-order valence-electron chi connectivity index (χ4n) is 3.52. The van der Waals surface area contributed by atoms with Crippen molar-refractivity contribution in [3.8, 4) is 23.0 Å². The second-order valence-corrected chi connectivity index (χ2v) is 7.17. The molecule has 28 heavy (non-hydrogen) atoms. The maximum atomic E-state index is 5.73. The molecule has 0 amide bonds. The van der Waals surface area contributed by atoms with Crippen LogP contribution in [0.4, 0.5) is 5.69 Å². The number of anilines is 1. The van der Waals surface area contributed by atoms with Gasteiger partial charge in [-0.15, -0.1) is 5.10 Å². The molecule has 1 fully saturated rings. The number of piperazine rings is 1. The van der Waals surface area contributed by atoms with Gasteiger partial charge in [-0.1, -0.05) is 18.2 Å². The molecule has 1 saturated heterocycles. The van der Waals surface area contributed by atoms with E-state index in [0.29, 0.717) is 23.1 Å². The van der Waals surface area contributed by atoms with E-state index in [9.17, 15) is 0 Å². The van der Waals surface area contributed by atoms with E-state index >= 15 is 0 Å². The van der Waals surface area contributed by atoms with Crippen LogP contribution in [0.3, 0.4) is 0 Å². The maximum Gasteiger partial charge on any atom is 0.288 e. The van der Waals surface area contributed by atoms with E-state index in [1.165, 1.54) is 5.69 Å². The number of aromatic nitrogens is 2. The molecule has 0 atom stereocenters. The first-order valence-corrected chi connectivity index (χ1v) is 9.67. The molecule has 8 heteroatoms. The Morgan fingerprint density at radius 2 is 1.71 bits per heavy atom. The van der Waals surface area contributed by atoms with E-state index in [1.54, 1.807) is 4.68 Å². The van der Waals surface area contributed by atoms with Crippen LogP contribution in [-0.4, -0.2) is 47.7 Å². The fraction of sp³-hybridized carbons (Fsp3) is 0.300. The number of para-hydroxylation sites is 1. The standard InChI is InChI=1S/C20H20N4O3S/c28-20-24(13-22-8-10-23(11-9-22)16-4-2-1-3-5-16)21-19(27-20)15-6-7-17-18(12-15)26-14-25-17/h1-7,12H,8-11,13-14H2. The van der Waals surface area contributed by atoms with Gasteiger partial charge in [0.15, 0.2) is 11.5 Å². The van der Waals surface area contributed by atoms with Gasteiger partial charge in [0.1, 0.15) is 0 Å². The summed E-state index contributed by atoms with van der Waals surface area (Å²) in [6.45, 7) is 4.71. The highest BCUT2D eigenvalue weighted by Crippen LogP contribution is 2.35. The Balaban J connectivity index is 1.26. The summed E-state index contributed by atoms with van der Waals surface area (Å²) in [6, 6.07) is 16.1. The number of hydrogen-bond acceptors (Lipinski definition) is 7. The summed E-state index contributed by atoms with van der Waals surface area (Å²) >= 11 is 5.38. The van der Waals surface area contributed by atoms with Gasteiger partial charge in [0, 0.05) is 37.4 Å². The van der Waals surface area contributed by atoms with E-state index in [-0.39, 0.29) is 6.79 Å². The minimum absolute atomic E-state index is 0.242. The smallest absolute Gasteiger partial charge is 0.288 e. The van der Waals surface area contributed by atoms with E-state index in [1.807, 2.05) is 24.3 Å². The van der Waals surface area contributed by atoms with Crippen molar-refractivity contribution >= 4 is 17.9 Å². The van der Waals surface area contributed by atoms with Gasteiger partial charge >= 0.3 is 0 Å². The van der Waals surface area contributed by atoms with Crippen molar-refractivity contribution in [3.63, 3.8) is 0 Å². The van der Waals surface area contributed by atoms with E-state index < -0.39 is 0 Å². The zero-order valence-electron chi connectivity index (χ0n) is 15.3. The number of hydrogen-bond donors (Lipinski definition) is 0. The first-order chi connectivity index (χ1) is 13.8. The Hall–Kier alpha value is -2.84. The molecule has 2 aliphatic rings. The van der Waals surface area contributed by atoms with Gasteiger partial charge in [-0.25, -0.2) is 4.68 Å². The molecule has 1 aromatic heterocycles. The second kappa shape index (κ2) is 7.29. The summed E-state index contributed by atoms with van der Waals surface area (Å²) in [6.07, 6.45) is 0. The molecule has 0 bridgehead atoms. The van der Waals surface area contributed by atoms with Crippen LogP contribution in [-0.2, 0) is 6.67 Å². The third kappa shape index (κ3) is 3.36. The SMILES string of the molecule is S=c1oc(-c2ccc3c(c2)OCO3)nn1CN1CCN(c2ccccc2)CC1. The Bertz CT molecular complexity index is 1030. The molecule has 144 valence electrons. The van der Waals surface area contributed by atoms with Gasteiger partial charge in [-0.3, -0.25) is 4.90 Å². The number of benzene rings is 2. The van der Waals surface area contributed by atoms with Gasteiger partial charge in [-0.05, 0) is 42.5 Å². The number of nitrogens with zero attached hydrogens (tertiary/aromatic N) is 4. The zero-order valence-corrected chi connectivity index (χ0v) is 16.1. The van der Waals surface area contributed by atoms with Crippen molar-refractivity contribution in [1.82, 2.24) is 14.7 Å². The third-order valence-corrected chi connectivity index (χ3v) is 5.35. The maximum absolute atomic E-state index is 5.73. The Labute approximate surface area is 167 Å². The second-order valence-electron chi connectivity index (χ2n) is 6.82.